The predicted molar refractivity (Wildman–Crippen MR) is 350 cm³/mol. The van der Waals surface area contributed by atoms with Gasteiger partial charge in [-0.2, -0.15) is 0 Å². The van der Waals surface area contributed by atoms with Crippen molar-refractivity contribution >= 4 is 43.7 Å². The van der Waals surface area contributed by atoms with E-state index in [2.05, 4.69) is 16.1 Å². The maximum atomic E-state index is 12.0. The Labute approximate surface area is 546 Å². The van der Waals surface area contributed by atoms with Gasteiger partial charge in [0.05, 0.1) is 33.9 Å². The molecule has 0 saturated heterocycles. The molecule has 31 nitrogen and oxygen atoms in total. The molecule has 0 aromatic carbocycles. The van der Waals surface area contributed by atoms with Gasteiger partial charge in [0.1, 0.15) is 29.3 Å². The minimum absolute atomic E-state index is 0.0251. The molecule has 0 aromatic rings. The topological polar surface area (TPSA) is 446 Å². The van der Waals surface area contributed by atoms with Gasteiger partial charge in [-0.15, -0.1) is 0 Å². The van der Waals surface area contributed by atoms with Crippen LogP contribution in [0, 0.1) is 50.6 Å². The number of nitrogens with two attached hydrogens (primary N) is 1. The van der Waals surface area contributed by atoms with E-state index in [-0.39, 0.29) is 82.0 Å². The predicted octanol–water partition coefficient (Wildman–Crippen LogP) is 11.8. The molecule has 0 aromatic heterocycles. The smallest absolute Gasteiger partial charge is 0.341 e. The van der Waals surface area contributed by atoms with Crippen LogP contribution in [-0.4, -0.2) is 157 Å². The number of allylic oxidation sites excluding steroid dienone is 1. The summed E-state index contributed by atoms with van der Waals surface area (Å²) >= 11 is 0. The molecule has 0 bridgehead atoms. The second-order valence-electron chi connectivity index (χ2n) is 26.4. The fourth-order valence-corrected chi connectivity index (χ4v) is 6.56. The Kier molecular flexibility index (Phi) is 56.4. The van der Waals surface area contributed by atoms with Crippen LogP contribution >= 0.6 is 7.60 Å². The lowest BCUT2D eigenvalue weighted by Crippen LogP contribution is -2.31. The van der Waals surface area contributed by atoms with E-state index in [0.29, 0.717) is 44.8 Å². The second kappa shape index (κ2) is 51.0. The number of carbonyl (C=O) groups is 6. The minimum Gasteiger partial charge on any atom is -0.469 e. The zero-order chi connectivity index (χ0) is 74.9. The summed E-state index contributed by atoms with van der Waals surface area (Å²) in [4.78, 5) is 114. The minimum atomic E-state index is -3.34. The Morgan fingerprint density at radius 2 is 0.902 bits per heavy atom. The number of aldehydes is 1. The van der Waals surface area contributed by atoms with Crippen LogP contribution in [0.2, 0.25) is 0 Å². The van der Waals surface area contributed by atoms with Gasteiger partial charge in [-0.1, -0.05) is 19.1 Å². The molecule has 0 rings (SSSR count). The summed E-state index contributed by atoms with van der Waals surface area (Å²) in [6.45, 7) is 42.6. The van der Waals surface area contributed by atoms with Crippen molar-refractivity contribution in [3.63, 3.8) is 0 Å². The maximum Gasteiger partial charge on any atom is 0.341 e. The van der Waals surface area contributed by atoms with Gasteiger partial charge in [-0.05, 0) is 116 Å². The Morgan fingerprint density at radius 3 is 1.20 bits per heavy atom. The number of methoxy groups -OCH3 is 2. The number of unbranched alkanes of at least 4 members (excludes halogenated alkanes) is 1. The number of hydrogen-bond acceptors (Lipinski definition) is 26. The molecule has 0 aliphatic heterocycles. The number of ether oxygens (including phenoxy) is 5. The average Bonchev–Trinajstić information content (AvgIpc) is 1.53. The normalized spacial score (nSPS) is 11.5. The van der Waals surface area contributed by atoms with Gasteiger partial charge in [-0.25, -0.2) is 9.59 Å². The summed E-state index contributed by atoms with van der Waals surface area (Å²) in [7, 11) is -0.761. The molecule has 0 atom stereocenters. The molecule has 542 valence electrons. The van der Waals surface area contributed by atoms with Crippen LogP contribution in [0.3, 0.4) is 0 Å². The summed E-state index contributed by atoms with van der Waals surface area (Å²) in [6.07, 6.45) is 10.3. The summed E-state index contributed by atoms with van der Waals surface area (Å²) in [6, 6.07) is -0.426. The molecule has 0 heterocycles. The molecule has 0 amide bonds. The standard InChI is InChI=1S/C12H21NO4.C12H25NO2.C10H21O5P.C7H13NO4.C6H13NO3.C6H11NO3.C4H6O2.C3H7NO2/c1-11(2,3)17-10(14)8-6-7-9-12(4,5)13(15)16;1-11(2,3)15-10(14)8-6-7-9-12(4,5)13;1-6-13-16(12,14-7-2)8-9(11)15-10(3,4)5;1-7(2,8(10)11)5-4-6(9)12-3;2*1-6(2,7(9)10)4-3-5-8;1-3-4(5)6-2;1-3(2)4(5)6/h6,8H,7,9H2,1-5H3;6-9,13H2,1-5H3;6-8H2,1-5H3;4-5H2,1-3H3;8H,3-5H2,1-2H3;5H,3-4H2,1-2H3;3H,1H2,2H3;3H,1-2H3/b8-6+;;;;;;;. The van der Waals surface area contributed by atoms with Crippen molar-refractivity contribution in [3.8, 4) is 0 Å². The summed E-state index contributed by atoms with van der Waals surface area (Å²) in [5, 5.41) is 59.4. The second-order valence-corrected chi connectivity index (χ2v) is 28.5. The number of nitrogens with zero attached hydrogens (tertiary/aromatic N) is 5. The maximum absolute atomic E-state index is 12.0. The third-order valence-corrected chi connectivity index (χ3v) is 12.6. The van der Waals surface area contributed by atoms with E-state index >= 15 is 0 Å². The van der Waals surface area contributed by atoms with Gasteiger partial charge in [0.25, 0.3) is 0 Å². The van der Waals surface area contributed by atoms with Crippen LogP contribution in [0.25, 0.3) is 0 Å². The first-order valence-electron chi connectivity index (χ1n) is 29.8. The lowest BCUT2D eigenvalue weighted by atomic mass is 9.98. The highest BCUT2D eigenvalue weighted by molar-refractivity contribution is 7.54. The van der Waals surface area contributed by atoms with Crippen LogP contribution in [0.5, 0.6) is 0 Å². The monoisotopic (exact) mass is 1350 g/mol. The zero-order valence-electron chi connectivity index (χ0n) is 59.9. The van der Waals surface area contributed by atoms with Gasteiger partial charge in [0, 0.05) is 157 Å². The van der Waals surface area contributed by atoms with Gasteiger partial charge >= 0.3 is 37.4 Å². The summed E-state index contributed by atoms with van der Waals surface area (Å²) < 4.78 is 45.8. The third kappa shape index (κ3) is 74.3. The van der Waals surface area contributed by atoms with E-state index in [9.17, 15) is 83.9 Å². The number of aliphatic hydroxyl groups is 1. The molecule has 0 radical (unpaired) electrons. The van der Waals surface area contributed by atoms with Gasteiger partial charge < -0.3 is 48.4 Å². The third-order valence-electron chi connectivity index (χ3n) is 10.6. The molecule has 92 heavy (non-hydrogen) atoms. The first-order chi connectivity index (χ1) is 41.2. The Bertz CT molecular complexity index is 2250. The molecule has 0 aliphatic carbocycles. The van der Waals surface area contributed by atoms with E-state index in [0.717, 1.165) is 25.3 Å². The molecule has 3 N–H and O–H groups in total. The number of rotatable bonds is 30. The highest BCUT2D eigenvalue weighted by atomic mass is 31.2. The van der Waals surface area contributed by atoms with E-state index in [1.807, 2.05) is 34.6 Å². The highest BCUT2D eigenvalue weighted by Gasteiger charge is 2.33. The average molecular weight is 1350 g/mol. The fraction of sp³-hybridized carbons (Fsp3) is 0.833. The number of carbonyl (C=O) groups excluding carboxylic acids is 6. The summed E-state index contributed by atoms with van der Waals surface area (Å²) in [5.41, 5.74) is 0.376. The number of hydrogen-bond donors (Lipinski definition) is 2. The van der Waals surface area contributed by atoms with Crippen LogP contribution in [0.4, 0.5) is 0 Å². The molecular weight excluding hydrogens is 1240 g/mol. The summed E-state index contributed by atoms with van der Waals surface area (Å²) in [5.74, 6) is -1.91. The molecule has 32 heteroatoms. The number of esters is 5. The van der Waals surface area contributed by atoms with Crippen molar-refractivity contribution in [1.29, 1.82) is 0 Å². The molecular formula is C60H117N6O25P. The van der Waals surface area contributed by atoms with Crippen molar-refractivity contribution in [3.05, 3.63) is 75.4 Å². The van der Waals surface area contributed by atoms with Gasteiger partial charge in [0.2, 0.25) is 28.2 Å². The van der Waals surface area contributed by atoms with Crippen molar-refractivity contribution in [1.82, 2.24) is 0 Å². The Balaban J connectivity index is -0.000000149. The highest BCUT2D eigenvalue weighted by Crippen LogP contribution is 2.48. The SMILES string of the molecule is C=CC(=O)OC.CC(C)(C)OC(=O)/C=C/CCC(C)(C)[N+](=O)[O-].CC(C)(CCC=O)[N+](=O)[O-].CC(C)(CCCO)[N+](=O)[O-].CC(C)(N)CCCCC(=O)OC(C)(C)C.CC(C)[N+](=O)[O-].CCOP(=O)(CC(=O)OC(C)(C)C)OCC.COC(=O)CCC(C)(C)[N+](=O)[O-]. The lowest BCUT2D eigenvalue weighted by molar-refractivity contribution is -0.561. The van der Waals surface area contributed by atoms with Crippen LogP contribution in [0.1, 0.15) is 236 Å². The van der Waals surface area contributed by atoms with Crippen LogP contribution in [-0.2, 0) is 66.1 Å². The molecule has 0 spiro atoms. The van der Waals surface area contributed by atoms with Crippen LogP contribution in [0.15, 0.2) is 24.8 Å². The fourth-order valence-electron chi connectivity index (χ4n) is 5.13. The quantitative estimate of drug-likeness (QED) is 0.00985. The van der Waals surface area contributed by atoms with E-state index in [1.54, 1.807) is 103 Å². The van der Waals surface area contributed by atoms with E-state index in [4.69, 9.17) is 34.1 Å². The van der Waals surface area contributed by atoms with Crippen molar-refractivity contribution in [2.24, 2.45) is 5.73 Å². The van der Waals surface area contributed by atoms with Gasteiger partial charge in [0.15, 0.2) is 0 Å². The van der Waals surface area contributed by atoms with E-state index < -0.39 is 75.8 Å². The molecule has 0 unspecified atom stereocenters. The van der Waals surface area contributed by atoms with Crippen LogP contribution < -0.4 is 5.73 Å². The number of nitro groups is 5. The zero-order valence-corrected chi connectivity index (χ0v) is 60.8. The van der Waals surface area contributed by atoms with Crippen molar-refractivity contribution in [2.45, 2.75) is 287 Å². The Hall–Kier alpha value is -6.43. The van der Waals surface area contributed by atoms with Gasteiger partial charge in [-0.3, -0.25) is 69.5 Å². The number of aliphatic hydroxyl groups excluding tert-OH is 1. The lowest BCUT2D eigenvalue weighted by Gasteiger charge is -2.21. The van der Waals surface area contributed by atoms with Crippen molar-refractivity contribution < 1.29 is 95.8 Å². The molecule has 0 aliphatic rings. The first kappa shape index (κ1) is 102. The molecule has 0 fully saturated rings. The first-order valence-corrected chi connectivity index (χ1v) is 31.5. The molecule has 0 saturated carbocycles. The van der Waals surface area contributed by atoms with E-state index in [1.165, 1.54) is 48.0 Å². The Morgan fingerprint density at radius 1 is 0.533 bits per heavy atom. The largest absolute Gasteiger partial charge is 0.469 e. The van der Waals surface area contributed by atoms with Crippen molar-refractivity contribution in [2.75, 3.05) is 40.2 Å².